The summed E-state index contributed by atoms with van der Waals surface area (Å²) in [5.41, 5.74) is 1.35. The fraction of sp³-hybridized carbons (Fsp3) is 0.696. The number of aliphatic imine (C=N–C) groups is 1. The van der Waals surface area contributed by atoms with Gasteiger partial charge in [-0.15, -0.1) is 24.0 Å². The van der Waals surface area contributed by atoms with Gasteiger partial charge in [-0.1, -0.05) is 19.1 Å². The maximum absolute atomic E-state index is 5.48. The van der Waals surface area contributed by atoms with E-state index in [2.05, 4.69) is 41.1 Å². The summed E-state index contributed by atoms with van der Waals surface area (Å²) >= 11 is 0. The van der Waals surface area contributed by atoms with Crippen molar-refractivity contribution < 1.29 is 9.47 Å². The molecular formula is C23H39IN4O2. The first-order valence-corrected chi connectivity index (χ1v) is 11.2. The van der Waals surface area contributed by atoms with Crippen molar-refractivity contribution in [2.24, 2.45) is 10.9 Å². The highest BCUT2D eigenvalue weighted by Gasteiger charge is 2.27. The van der Waals surface area contributed by atoms with E-state index in [0.29, 0.717) is 5.92 Å². The summed E-state index contributed by atoms with van der Waals surface area (Å²) in [4.78, 5) is 9.95. The maximum atomic E-state index is 5.48. The summed E-state index contributed by atoms with van der Waals surface area (Å²) in [6.07, 6.45) is 2.30. The summed E-state index contributed by atoms with van der Waals surface area (Å²) in [6.45, 7) is 13.5. The lowest BCUT2D eigenvalue weighted by Gasteiger charge is -2.29. The molecule has 6 nitrogen and oxygen atoms in total. The zero-order valence-corrected chi connectivity index (χ0v) is 21.1. The fourth-order valence-electron chi connectivity index (χ4n) is 4.21. The van der Waals surface area contributed by atoms with Crippen LogP contribution in [-0.2, 0) is 4.74 Å². The van der Waals surface area contributed by atoms with Gasteiger partial charge in [-0.2, -0.15) is 0 Å². The molecule has 1 N–H and O–H groups in total. The Bertz CT molecular complexity index is 635. The molecule has 2 aliphatic rings. The molecule has 0 saturated carbocycles. The number of halogens is 1. The van der Waals surface area contributed by atoms with E-state index >= 15 is 0 Å². The summed E-state index contributed by atoms with van der Waals surface area (Å²) in [7, 11) is 1.71. The largest absolute Gasteiger partial charge is 0.497 e. The molecule has 2 atom stereocenters. The molecule has 2 saturated heterocycles. The van der Waals surface area contributed by atoms with Crippen LogP contribution in [0.4, 0.5) is 0 Å². The zero-order chi connectivity index (χ0) is 20.5. The Morgan fingerprint density at radius 3 is 2.63 bits per heavy atom. The predicted molar refractivity (Wildman–Crippen MR) is 134 cm³/mol. The molecule has 0 spiro atoms. The predicted octanol–water partition coefficient (Wildman–Crippen LogP) is 3.43. The monoisotopic (exact) mass is 530 g/mol. The van der Waals surface area contributed by atoms with E-state index in [0.717, 1.165) is 76.5 Å². The SMILES string of the molecule is CCNC(=NCCC(C)c1ccc(OC)cc1)N1CCC(CN2CCOCC2)C1.I. The van der Waals surface area contributed by atoms with Crippen LogP contribution in [-0.4, -0.2) is 81.9 Å². The smallest absolute Gasteiger partial charge is 0.193 e. The van der Waals surface area contributed by atoms with Gasteiger partial charge in [0.05, 0.1) is 20.3 Å². The minimum Gasteiger partial charge on any atom is -0.497 e. The molecule has 1 aromatic carbocycles. The Morgan fingerprint density at radius 2 is 1.97 bits per heavy atom. The molecule has 0 aromatic heterocycles. The number of ether oxygens (including phenoxy) is 2. The first-order valence-electron chi connectivity index (χ1n) is 11.2. The number of hydrogen-bond acceptors (Lipinski definition) is 4. The van der Waals surface area contributed by atoms with Crippen LogP contribution in [0, 0.1) is 5.92 Å². The van der Waals surface area contributed by atoms with Gasteiger partial charge in [0.2, 0.25) is 0 Å². The minimum absolute atomic E-state index is 0. The third-order valence-corrected chi connectivity index (χ3v) is 6.05. The molecule has 30 heavy (non-hydrogen) atoms. The molecule has 0 radical (unpaired) electrons. The molecule has 2 unspecified atom stereocenters. The molecule has 2 heterocycles. The summed E-state index contributed by atoms with van der Waals surface area (Å²) in [6, 6.07) is 8.40. The van der Waals surface area contributed by atoms with Crippen LogP contribution in [0.3, 0.4) is 0 Å². The summed E-state index contributed by atoms with van der Waals surface area (Å²) in [5.74, 6) is 3.21. The number of nitrogens with one attached hydrogen (secondary N) is 1. The molecule has 2 aliphatic heterocycles. The van der Waals surface area contributed by atoms with Gasteiger partial charge in [-0.05, 0) is 49.3 Å². The van der Waals surface area contributed by atoms with Crippen LogP contribution in [0.25, 0.3) is 0 Å². The van der Waals surface area contributed by atoms with E-state index in [-0.39, 0.29) is 24.0 Å². The highest BCUT2D eigenvalue weighted by atomic mass is 127. The van der Waals surface area contributed by atoms with E-state index in [4.69, 9.17) is 14.5 Å². The molecule has 2 fully saturated rings. The summed E-state index contributed by atoms with van der Waals surface area (Å²) in [5, 5.41) is 3.50. The Labute approximate surface area is 199 Å². The number of morpholine rings is 1. The van der Waals surface area contributed by atoms with Gasteiger partial charge in [0.1, 0.15) is 5.75 Å². The molecule has 3 rings (SSSR count). The maximum Gasteiger partial charge on any atom is 0.193 e. The van der Waals surface area contributed by atoms with Crippen LogP contribution in [0.2, 0.25) is 0 Å². The van der Waals surface area contributed by atoms with E-state index in [1.54, 1.807) is 7.11 Å². The molecular weight excluding hydrogens is 491 g/mol. The normalized spacial score (nSPS) is 21.2. The Kier molecular flexibility index (Phi) is 11.2. The van der Waals surface area contributed by atoms with Crippen molar-refractivity contribution in [3.63, 3.8) is 0 Å². The lowest BCUT2D eigenvalue weighted by Crippen LogP contribution is -2.42. The van der Waals surface area contributed by atoms with Crippen LogP contribution in [0.5, 0.6) is 5.75 Å². The number of guanidine groups is 1. The van der Waals surface area contributed by atoms with Crippen molar-refractivity contribution in [2.45, 2.75) is 32.6 Å². The average molecular weight is 530 g/mol. The van der Waals surface area contributed by atoms with Crippen molar-refractivity contribution in [1.82, 2.24) is 15.1 Å². The van der Waals surface area contributed by atoms with Gasteiger partial charge in [-0.25, -0.2) is 0 Å². The number of nitrogens with zero attached hydrogens (tertiary/aromatic N) is 3. The third-order valence-electron chi connectivity index (χ3n) is 6.05. The van der Waals surface area contributed by atoms with Crippen LogP contribution >= 0.6 is 24.0 Å². The second kappa shape index (κ2) is 13.4. The summed E-state index contributed by atoms with van der Waals surface area (Å²) < 4.78 is 10.7. The van der Waals surface area contributed by atoms with Gasteiger partial charge in [0.25, 0.3) is 0 Å². The molecule has 0 bridgehead atoms. The van der Waals surface area contributed by atoms with E-state index in [1.807, 2.05) is 12.1 Å². The standard InChI is InChI=1S/C23H38N4O2.HI/c1-4-24-23(25-11-9-19(2)21-5-7-22(28-3)8-6-21)27-12-10-20(18-27)17-26-13-15-29-16-14-26;/h5-8,19-20H,4,9-18H2,1-3H3,(H,24,25);1H. The van der Waals surface area contributed by atoms with Crippen molar-refractivity contribution >= 4 is 29.9 Å². The topological polar surface area (TPSA) is 49.3 Å². The van der Waals surface area contributed by atoms with Crippen molar-refractivity contribution in [1.29, 1.82) is 0 Å². The van der Waals surface area contributed by atoms with E-state index in [1.165, 1.54) is 18.5 Å². The molecule has 0 amide bonds. The van der Waals surface area contributed by atoms with Crippen LogP contribution in [0.1, 0.15) is 38.2 Å². The van der Waals surface area contributed by atoms with Gasteiger partial charge in [0, 0.05) is 45.8 Å². The molecule has 7 heteroatoms. The number of benzene rings is 1. The first-order chi connectivity index (χ1) is 14.2. The number of methoxy groups -OCH3 is 1. The number of likely N-dealkylation sites (tertiary alicyclic amines) is 1. The van der Waals surface area contributed by atoms with Gasteiger partial charge in [-0.3, -0.25) is 9.89 Å². The minimum atomic E-state index is 0. The third kappa shape index (κ3) is 7.57. The lowest BCUT2D eigenvalue weighted by molar-refractivity contribution is 0.0315. The van der Waals surface area contributed by atoms with Crippen molar-refractivity contribution in [2.75, 3.05) is 66.1 Å². The average Bonchev–Trinajstić information content (AvgIpc) is 3.22. The molecule has 170 valence electrons. The number of rotatable bonds is 8. The van der Waals surface area contributed by atoms with Gasteiger partial charge >= 0.3 is 0 Å². The molecule has 1 aromatic rings. The van der Waals surface area contributed by atoms with Crippen LogP contribution < -0.4 is 10.1 Å². The van der Waals surface area contributed by atoms with Gasteiger partial charge < -0.3 is 19.7 Å². The van der Waals surface area contributed by atoms with E-state index < -0.39 is 0 Å². The lowest BCUT2D eigenvalue weighted by atomic mass is 9.98. The number of hydrogen-bond donors (Lipinski definition) is 1. The second-order valence-electron chi connectivity index (χ2n) is 8.21. The van der Waals surface area contributed by atoms with Crippen LogP contribution in [0.15, 0.2) is 29.3 Å². The van der Waals surface area contributed by atoms with Crippen molar-refractivity contribution in [3.8, 4) is 5.75 Å². The first kappa shape index (κ1) is 25.2. The highest BCUT2D eigenvalue weighted by molar-refractivity contribution is 14.0. The second-order valence-corrected chi connectivity index (χ2v) is 8.21. The quantitative estimate of drug-likeness (QED) is 0.317. The van der Waals surface area contributed by atoms with E-state index in [9.17, 15) is 0 Å². The fourth-order valence-corrected chi connectivity index (χ4v) is 4.21. The molecule has 0 aliphatic carbocycles. The highest BCUT2D eigenvalue weighted by Crippen LogP contribution is 2.22. The Hall–Kier alpha value is -1.06. The Balaban J connectivity index is 0.00000320. The zero-order valence-electron chi connectivity index (χ0n) is 18.8. The Morgan fingerprint density at radius 1 is 1.23 bits per heavy atom. The van der Waals surface area contributed by atoms with Gasteiger partial charge in [0.15, 0.2) is 5.96 Å². The van der Waals surface area contributed by atoms with Crippen molar-refractivity contribution in [3.05, 3.63) is 29.8 Å².